The molecule has 1 amide bonds. The Balaban J connectivity index is 1.53. The zero-order valence-electron chi connectivity index (χ0n) is 21.0. The van der Waals surface area contributed by atoms with E-state index in [1.54, 1.807) is 42.5 Å². The zero-order chi connectivity index (χ0) is 27.8. The Morgan fingerprint density at radius 3 is 2.38 bits per heavy atom. The van der Waals surface area contributed by atoms with Crippen molar-refractivity contribution in [1.82, 2.24) is 0 Å². The number of carboxylic acids is 2. The number of aliphatic hydroxyl groups is 1. The van der Waals surface area contributed by atoms with Crippen LogP contribution in [0.15, 0.2) is 77.7 Å². The molecule has 1 saturated heterocycles. The molecule has 4 rings (SSSR count). The number of anilines is 1. The van der Waals surface area contributed by atoms with Gasteiger partial charge in [0.05, 0.1) is 30.8 Å². The average molecular weight is 552 g/mol. The number of hydrogen-bond donors (Lipinski definition) is 4. The smallest absolute Gasteiger partial charge is 0.336 e. The molecule has 0 bridgehead atoms. The summed E-state index contributed by atoms with van der Waals surface area (Å²) in [5.74, 6) is -1.96. The Morgan fingerprint density at radius 2 is 1.67 bits per heavy atom. The maximum atomic E-state index is 12.1. The lowest BCUT2D eigenvalue weighted by Crippen LogP contribution is -2.31. The van der Waals surface area contributed by atoms with Crippen molar-refractivity contribution in [3.8, 4) is 0 Å². The molecule has 10 heteroatoms. The first kappa shape index (κ1) is 28.3. The van der Waals surface area contributed by atoms with Gasteiger partial charge in [-0.15, -0.1) is 11.8 Å². The van der Waals surface area contributed by atoms with Crippen molar-refractivity contribution in [2.45, 2.75) is 49.3 Å². The SMILES string of the molecule is O=C(O)CCC(=O)Nc1cccc([C@@H]2O[C@H](CSc3ccccc3C(=O)O)C[C@H](c3ccc(CO)cc3)O2)c1. The summed E-state index contributed by atoms with van der Waals surface area (Å²) in [7, 11) is 0. The van der Waals surface area contributed by atoms with Gasteiger partial charge in [-0.2, -0.15) is 0 Å². The predicted octanol–water partition coefficient (Wildman–Crippen LogP) is 5.02. The van der Waals surface area contributed by atoms with Crippen LogP contribution in [0, 0.1) is 0 Å². The fourth-order valence-electron chi connectivity index (χ4n) is 4.18. The summed E-state index contributed by atoms with van der Waals surface area (Å²) in [5.41, 5.74) is 3.09. The number of aromatic carboxylic acids is 1. The third-order valence-electron chi connectivity index (χ3n) is 6.17. The van der Waals surface area contributed by atoms with Crippen molar-refractivity contribution < 1.29 is 39.2 Å². The first-order valence-corrected chi connectivity index (χ1v) is 13.4. The molecule has 1 aliphatic heterocycles. The van der Waals surface area contributed by atoms with Crippen LogP contribution in [-0.4, -0.2) is 45.0 Å². The van der Waals surface area contributed by atoms with E-state index in [0.717, 1.165) is 11.1 Å². The summed E-state index contributed by atoms with van der Waals surface area (Å²) in [6.45, 7) is -0.0647. The monoisotopic (exact) mass is 551 g/mol. The van der Waals surface area contributed by atoms with Crippen LogP contribution in [0.1, 0.15) is 58.7 Å². The number of hydrogen-bond acceptors (Lipinski definition) is 7. The van der Waals surface area contributed by atoms with E-state index in [0.29, 0.717) is 28.3 Å². The van der Waals surface area contributed by atoms with E-state index < -0.39 is 24.1 Å². The van der Waals surface area contributed by atoms with E-state index in [2.05, 4.69) is 5.32 Å². The van der Waals surface area contributed by atoms with Crippen molar-refractivity contribution in [3.63, 3.8) is 0 Å². The highest BCUT2D eigenvalue weighted by Gasteiger charge is 2.32. The Hall–Kier alpha value is -3.70. The number of aliphatic carboxylic acids is 1. The summed E-state index contributed by atoms with van der Waals surface area (Å²) in [5, 5.41) is 30.5. The Bertz CT molecular complexity index is 1310. The lowest BCUT2D eigenvalue weighted by atomic mass is 10.0. The van der Waals surface area contributed by atoms with Crippen molar-refractivity contribution >= 4 is 35.3 Å². The van der Waals surface area contributed by atoms with Crippen molar-refractivity contribution in [2.75, 3.05) is 11.1 Å². The number of amides is 1. The lowest BCUT2D eigenvalue weighted by Gasteiger charge is -2.36. The molecule has 0 aliphatic carbocycles. The third-order valence-corrected chi connectivity index (χ3v) is 7.37. The molecule has 0 aromatic heterocycles. The van der Waals surface area contributed by atoms with Crippen LogP contribution in [0.4, 0.5) is 5.69 Å². The second-order valence-corrected chi connectivity index (χ2v) is 10.1. The number of carboxylic acid groups (broad SMARTS) is 2. The van der Waals surface area contributed by atoms with Crippen LogP contribution in [0.5, 0.6) is 0 Å². The normalized spacial score (nSPS) is 18.8. The Morgan fingerprint density at radius 1 is 0.897 bits per heavy atom. The molecule has 9 nitrogen and oxygen atoms in total. The number of carbonyl (C=O) groups excluding carboxylic acids is 1. The Labute approximate surface area is 229 Å². The molecular weight excluding hydrogens is 522 g/mol. The van der Waals surface area contributed by atoms with Gasteiger partial charge in [0.15, 0.2) is 6.29 Å². The number of benzene rings is 3. The van der Waals surface area contributed by atoms with E-state index in [1.165, 1.54) is 11.8 Å². The quantitative estimate of drug-likeness (QED) is 0.242. The Kier molecular flexibility index (Phi) is 9.72. The highest BCUT2D eigenvalue weighted by molar-refractivity contribution is 7.99. The summed E-state index contributed by atoms with van der Waals surface area (Å²) >= 11 is 1.40. The molecule has 0 radical (unpaired) electrons. The largest absolute Gasteiger partial charge is 0.481 e. The minimum Gasteiger partial charge on any atom is -0.481 e. The summed E-state index contributed by atoms with van der Waals surface area (Å²) in [6.07, 6.45) is -1.25. The van der Waals surface area contributed by atoms with Gasteiger partial charge in [0.1, 0.15) is 0 Å². The van der Waals surface area contributed by atoms with Gasteiger partial charge in [-0.25, -0.2) is 4.79 Å². The molecular formula is C29H29NO8S. The molecule has 3 aromatic rings. The molecule has 1 fully saturated rings. The minimum absolute atomic E-state index is 0.0647. The van der Waals surface area contributed by atoms with Gasteiger partial charge in [-0.05, 0) is 35.4 Å². The van der Waals surface area contributed by atoms with Crippen molar-refractivity contribution in [1.29, 1.82) is 0 Å². The molecule has 39 heavy (non-hydrogen) atoms. The molecule has 0 saturated carbocycles. The number of aliphatic hydroxyl groups excluding tert-OH is 1. The molecule has 0 unspecified atom stereocenters. The highest BCUT2D eigenvalue weighted by Crippen LogP contribution is 2.40. The van der Waals surface area contributed by atoms with Crippen LogP contribution in [-0.2, 0) is 25.7 Å². The number of carbonyl (C=O) groups is 3. The first-order chi connectivity index (χ1) is 18.8. The maximum Gasteiger partial charge on any atom is 0.336 e. The van der Waals surface area contributed by atoms with Crippen LogP contribution < -0.4 is 5.32 Å². The maximum absolute atomic E-state index is 12.1. The first-order valence-electron chi connectivity index (χ1n) is 12.4. The zero-order valence-corrected chi connectivity index (χ0v) is 21.8. The molecule has 3 atom stereocenters. The molecule has 1 aliphatic rings. The van der Waals surface area contributed by atoms with Crippen LogP contribution in [0.2, 0.25) is 0 Å². The number of rotatable bonds is 11. The van der Waals surface area contributed by atoms with Gasteiger partial charge in [0.25, 0.3) is 0 Å². The number of thioether (sulfide) groups is 1. The van der Waals surface area contributed by atoms with E-state index in [-0.39, 0.29) is 37.2 Å². The fourth-order valence-corrected chi connectivity index (χ4v) is 5.25. The topological polar surface area (TPSA) is 142 Å². The fraction of sp³-hybridized carbons (Fsp3) is 0.276. The lowest BCUT2D eigenvalue weighted by molar-refractivity contribution is -0.245. The van der Waals surface area contributed by atoms with Crippen LogP contribution in [0.3, 0.4) is 0 Å². The minimum atomic E-state index is -1.05. The van der Waals surface area contributed by atoms with Gasteiger partial charge in [0, 0.05) is 34.7 Å². The van der Waals surface area contributed by atoms with Gasteiger partial charge >= 0.3 is 11.9 Å². The molecule has 1 heterocycles. The van der Waals surface area contributed by atoms with Crippen LogP contribution in [0.25, 0.3) is 0 Å². The summed E-state index contributed by atoms with van der Waals surface area (Å²) < 4.78 is 12.6. The molecule has 4 N–H and O–H groups in total. The predicted molar refractivity (Wildman–Crippen MR) is 144 cm³/mol. The van der Waals surface area contributed by atoms with E-state index in [1.807, 2.05) is 30.3 Å². The van der Waals surface area contributed by atoms with Gasteiger partial charge in [-0.1, -0.05) is 48.5 Å². The standard InChI is InChI=1S/C29H29NO8S/c31-16-18-8-10-19(11-9-18)24-15-22(17-39-25-7-2-1-6-23(25)28(35)36)37-29(38-24)20-4-3-5-21(14-20)30-26(32)12-13-27(33)34/h1-11,14,22,24,29,31H,12-13,15-17H2,(H,30,32)(H,33,34)(H,35,36)/t22-,24+,29+/m0/s1. The van der Waals surface area contributed by atoms with E-state index >= 15 is 0 Å². The van der Waals surface area contributed by atoms with Crippen LogP contribution >= 0.6 is 11.8 Å². The van der Waals surface area contributed by atoms with E-state index in [9.17, 15) is 24.6 Å². The van der Waals surface area contributed by atoms with Crippen molar-refractivity contribution in [2.24, 2.45) is 0 Å². The average Bonchev–Trinajstić information content (AvgIpc) is 2.95. The molecule has 0 spiro atoms. The summed E-state index contributed by atoms with van der Waals surface area (Å²) in [4.78, 5) is 35.2. The molecule has 204 valence electrons. The number of ether oxygens (including phenoxy) is 2. The third kappa shape index (κ3) is 7.90. The second kappa shape index (κ2) is 13.4. The van der Waals surface area contributed by atoms with E-state index in [4.69, 9.17) is 14.6 Å². The highest BCUT2D eigenvalue weighted by atomic mass is 32.2. The number of nitrogens with one attached hydrogen (secondary N) is 1. The van der Waals surface area contributed by atoms with Gasteiger partial charge < -0.3 is 30.1 Å². The van der Waals surface area contributed by atoms with Gasteiger partial charge in [-0.3, -0.25) is 9.59 Å². The van der Waals surface area contributed by atoms with Gasteiger partial charge in [0.2, 0.25) is 5.91 Å². The van der Waals surface area contributed by atoms with Crippen molar-refractivity contribution in [3.05, 3.63) is 95.1 Å². The molecule has 3 aromatic carbocycles. The summed E-state index contributed by atoms with van der Waals surface area (Å²) in [6, 6.07) is 21.3. The second-order valence-electron chi connectivity index (χ2n) is 9.03.